The molecule has 6 nitrogen and oxygen atoms in total. The monoisotopic (exact) mass is 614 g/mol. The molecule has 0 aliphatic heterocycles. The summed E-state index contributed by atoms with van der Waals surface area (Å²) >= 11 is 0. The van der Waals surface area contributed by atoms with Crippen LogP contribution in [0.2, 0.25) is 0 Å². The van der Waals surface area contributed by atoms with Crippen molar-refractivity contribution in [3.8, 4) is 67.9 Å². The molecule has 0 fully saturated rings. The molecule has 0 bridgehead atoms. The first kappa shape index (κ1) is 30.7. The Morgan fingerprint density at radius 1 is 0.522 bits per heavy atom. The summed E-state index contributed by atoms with van der Waals surface area (Å²) in [5.74, 6) is 1.80. The summed E-state index contributed by atoms with van der Waals surface area (Å²) in [6.07, 6.45) is 1.56. The molecule has 0 aliphatic carbocycles. The molecule has 2 N–H and O–H groups in total. The average Bonchev–Trinajstić information content (AvgIpc) is 3.11. The Labute approximate surface area is 269 Å². The van der Waals surface area contributed by atoms with E-state index in [2.05, 4.69) is 12.1 Å². The van der Waals surface area contributed by atoms with Crippen molar-refractivity contribution in [2.24, 2.45) is 0 Å². The maximum Gasteiger partial charge on any atom is 0.173 e. The number of methoxy groups -OCH3 is 2. The average molecular weight is 615 g/mol. The SMILES string of the molecule is CCCOc1cc(-c2c(OC)c(OCCC)c3c(OC)c(-c4ccccc4)ccc3c2O)c(O)c2ccc(-c3ccccc3)cc12. The van der Waals surface area contributed by atoms with Crippen LogP contribution in [0.25, 0.3) is 54.9 Å². The maximum atomic E-state index is 12.1. The number of hydrogen-bond acceptors (Lipinski definition) is 6. The fraction of sp³-hybridized carbons (Fsp3) is 0.200. The molecule has 6 aromatic carbocycles. The predicted molar refractivity (Wildman–Crippen MR) is 186 cm³/mol. The lowest BCUT2D eigenvalue weighted by atomic mass is 9.91. The van der Waals surface area contributed by atoms with Gasteiger partial charge in [0, 0.05) is 27.3 Å². The van der Waals surface area contributed by atoms with E-state index in [9.17, 15) is 10.2 Å². The van der Waals surface area contributed by atoms with Gasteiger partial charge in [0.15, 0.2) is 11.5 Å². The van der Waals surface area contributed by atoms with Gasteiger partial charge in [-0.3, -0.25) is 0 Å². The van der Waals surface area contributed by atoms with E-state index in [0.717, 1.165) is 40.5 Å². The van der Waals surface area contributed by atoms with Crippen LogP contribution in [0.15, 0.2) is 97.1 Å². The molecule has 0 atom stereocenters. The molecule has 46 heavy (non-hydrogen) atoms. The van der Waals surface area contributed by atoms with Crippen molar-refractivity contribution >= 4 is 21.5 Å². The van der Waals surface area contributed by atoms with Crippen molar-refractivity contribution in [3.63, 3.8) is 0 Å². The van der Waals surface area contributed by atoms with E-state index in [1.165, 1.54) is 7.11 Å². The summed E-state index contributed by atoms with van der Waals surface area (Å²) in [6, 6.07) is 31.5. The van der Waals surface area contributed by atoms with Gasteiger partial charge < -0.3 is 29.2 Å². The van der Waals surface area contributed by atoms with Gasteiger partial charge in [0.25, 0.3) is 0 Å². The van der Waals surface area contributed by atoms with Crippen molar-refractivity contribution in [1.82, 2.24) is 0 Å². The van der Waals surface area contributed by atoms with Crippen LogP contribution in [0.5, 0.6) is 34.5 Å². The third-order valence-corrected chi connectivity index (χ3v) is 8.16. The number of fused-ring (bicyclic) bond motifs is 2. The number of phenols is 2. The molecule has 0 saturated carbocycles. The quantitative estimate of drug-likeness (QED) is 0.151. The van der Waals surface area contributed by atoms with Gasteiger partial charge in [-0.15, -0.1) is 0 Å². The third-order valence-electron chi connectivity index (χ3n) is 8.16. The highest BCUT2D eigenvalue weighted by Crippen LogP contribution is 2.57. The lowest BCUT2D eigenvalue weighted by molar-refractivity contribution is 0.296. The topological polar surface area (TPSA) is 77.4 Å². The standard InChI is InChI=1S/C40H38O6/c1-5-21-45-33-24-32(36(41)29-18-17-27(23-31(29)33)25-13-9-7-10-14-25)34-37(42)30-20-19-28(26-15-11-8-12-16-26)38(43-3)35(30)40(39(34)44-4)46-22-6-2/h7-20,23-24,41-42H,5-6,21-22H2,1-4H3. The van der Waals surface area contributed by atoms with Crippen LogP contribution in [0.3, 0.4) is 0 Å². The van der Waals surface area contributed by atoms with Gasteiger partial charge in [-0.1, -0.05) is 80.6 Å². The summed E-state index contributed by atoms with van der Waals surface area (Å²) in [7, 11) is 3.15. The summed E-state index contributed by atoms with van der Waals surface area (Å²) < 4.78 is 24.7. The highest BCUT2D eigenvalue weighted by Gasteiger charge is 2.29. The molecule has 0 heterocycles. The Kier molecular flexibility index (Phi) is 8.88. The second kappa shape index (κ2) is 13.3. The highest BCUT2D eigenvalue weighted by molar-refractivity contribution is 6.11. The molecule has 234 valence electrons. The Bertz CT molecular complexity index is 2000. The molecular formula is C40H38O6. The molecular weight excluding hydrogens is 576 g/mol. The first-order valence-corrected chi connectivity index (χ1v) is 15.6. The first-order valence-electron chi connectivity index (χ1n) is 15.6. The molecule has 0 unspecified atom stereocenters. The van der Waals surface area contributed by atoms with E-state index in [4.69, 9.17) is 18.9 Å². The minimum absolute atomic E-state index is 0.000669. The van der Waals surface area contributed by atoms with Gasteiger partial charge in [0.2, 0.25) is 0 Å². The first-order chi connectivity index (χ1) is 22.5. The summed E-state index contributed by atoms with van der Waals surface area (Å²) in [6.45, 7) is 4.97. The van der Waals surface area contributed by atoms with Crippen LogP contribution in [-0.2, 0) is 0 Å². The normalized spacial score (nSPS) is 11.1. The van der Waals surface area contributed by atoms with Gasteiger partial charge in [0.1, 0.15) is 23.0 Å². The van der Waals surface area contributed by atoms with Crippen molar-refractivity contribution < 1.29 is 29.2 Å². The van der Waals surface area contributed by atoms with Crippen LogP contribution in [0.4, 0.5) is 0 Å². The molecule has 0 spiro atoms. The van der Waals surface area contributed by atoms with Crippen LogP contribution in [-0.4, -0.2) is 37.6 Å². The van der Waals surface area contributed by atoms with Gasteiger partial charge >= 0.3 is 0 Å². The van der Waals surface area contributed by atoms with Crippen LogP contribution in [0, 0.1) is 0 Å². The van der Waals surface area contributed by atoms with E-state index in [1.807, 2.05) is 92.7 Å². The summed E-state index contributed by atoms with van der Waals surface area (Å²) in [5, 5.41) is 26.4. The highest BCUT2D eigenvalue weighted by atomic mass is 16.5. The Morgan fingerprint density at radius 2 is 1.15 bits per heavy atom. The number of hydrogen-bond donors (Lipinski definition) is 2. The molecule has 0 amide bonds. The van der Waals surface area contributed by atoms with Crippen LogP contribution >= 0.6 is 0 Å². The number of phenolic OH excluding ortho intramolecular Hbond substituents is 2. The van der Waals surface area contributed by atoms with E-state index in [-0.39, 0.29) is 11.5 Å². The van der Waals surface area contributed by atoms with Crippen LogP contribution in [0.1, 0.15) is 26.7 Å². The predicted octanol–water partition coefficient (Wildman–Crippen LogP) is 10.00. The maximum absolute atomic E-state index is 12.1. The van der Waals surface area contributed by atoms with E-state index >= 15 is 0 Å². The zero-order chi connectivity index (χ0) is 32.2. The van der Waals surface area contributed by atoms with Gasteiger partial charge in [-0.25, -0.2) is 0 Å². The fourth-order valence-electron chi connectivity index (χ4n) is 6.03. The van der Waals surface area contributed by atoms with Gasteiger partial charge in [-0.05, 0) is 59.9 Å². The Balaban J connectivity index is 1.67. The minimum Gasteiger partial charge on any atom is -0.507 e. The number of aromatic hydroxyl groups is 2. The van der Waals surface area contributed by atoms with Crippen molar-refractivity contribution in [2.45, 2.75) is 26.7 Å². The van der Waals surface area contributed by atoms with E-state index < -0.39 is 0 Å². The fourth-order valence-corrected chi connectivity index (χ4v) is 6.03. The zero-order valence-electron chi connectivity index (χ0n) is 26.6. The molecule has 0 aromatic heterocycles. The number of rotatable bonds is 11. The smallest absolute Gasteiger partial charge is 0.173 e. The number of ether oxygens (including phenoxy) is 4. The second-order valence-corrected chi connectivity index (χ2v) is 11.1. The molecule has 0 saturated heterocycles. The zero-order valence-corrected chi connectivity index (χ0v) is 26.6. The second-order valence-electron chi connectivity index (χ2n) is 11.1. The van der Waals surface area contributed by atoms with Gasteiger partial charge in [-0.2, -0.15) is 0 Å². The minimum atomic E-state index is -0.0643. The molecule has 6 rings (SSSR count). The van der Waals surface area contributed by atoms with Crippen molar-refractivity contribution in [3.05, 3.63) is 97.1 Å². The largest absolute Gasteiger partial charge is 0.507 e. The van der Waals surface area contributed by atoms with E-state index in [1.54, 1.807) is 13.2 Å². The molecule has 6 aromatic rings. The lowest BCUT2D eigenvalue weighted by Crippen LogP contribution is -2.03. The summed E-state index contributed by atoms with van der Waals surface area (Å²) in [5.41, 5.74) is 4.56. The number of benzene rings is 6. The Hall–Kier alpha value is -5.36. The molecule has 0 radical (unpaired) electrons. The third kappa shape index (κ3) is 5.40. The van der Waals surface area contributed by atoms with Crippen LogP contribution < -0.4 is 18.9 Å². The van der Waals surface area contributed by atoms with Gasteiger partial charge in [0.05, 0.1) is 38.4 Å². The van der Waals surface area contributed by atoms with Crippen molar-refractivity contribution in [2.75, 3.05) is 27.4 Å². The lowest BCUT2D eigenvalue weighted by Gasteiger charge is -2.23. The van der Waals surface area contributed by atoms with E-state index in [0.29, 0.717) is 63.5 Å². The Morgan fingerprint density at radius 3 is 1.80 bits per heavy atom. The molecule has 6 heteroatoms. The molecule has 0 aliphatic rings. The van der Waals surface area contributed by atoms with Crippen molar-refractivity contribution in [1.29, 1.82) is 0 Å². The summed E-state index contributed by atoms with van der Waals surface area (Å²) in [4.78, 5) is 0.